The van der Waals surface area contributed by atoms with Gasteiger partial charge in [-0.05, 0) is 12.8 Å². The Labute approximate surface area is 115 Å². The maximum Gasteiger partial charge on any atom is 0.257 e. The predicted octanol–water partition coefficient (Wildman–Crippen LogP) is 1.54. The standard InChI is InChI=1S/C13H17F2N3O2/c14-12(15)8-18-7-11(5-16-18)20-10-3-4-17(6-10)13(19)9-1-2-9/h5,7,9-10,12H,1-4,6,8H2. The molecule has 1 aliphatic heterocycles. The number of likely N-dealkylation sites (tertiary alicyclic amines) is 1. The van der Waals surface area contributed by atoms with Crippen LogP contribution in [-0.2, 0) is 11.3 Å². The minimum Gasteiger partial charge on any atom is -0.485 e. The molecule has 3 rings (SSSR count). The van der Waals surface area contributed by atoms with Gasteiger partial charge in [-0.2, -0.15) is 5.10 Å². The highest BCUT2D eigenvalue weighted by Gasteiger charge is 2.37. The van der Waals surface area contributed by atoms with E-state index in [2.05, 4.69) is 5.10 Å². The van der Waals surface area contributed by atoms with Crippen LogP contribution in [0.25, 0.3) is 0 Å². The number of hydrogen-bond acceptors (Lipinski definition) is 3. The van der Waals surface area contributed by atoms with Crippen LogP contribution in [0.1, 0.15) is 19.3 Å². The van der Waals surface area contributed by atoms with Crippen LogP contribution < -0.4 is 4.74 Å². The lowest BCUT2D eigenvalue weighted by Crippen LogP contribution is -2.31. The summed E-state index contributed by atoms with van der Waals surface area (Å²) in [5.74, 6) is 0.934. The third kappa shape index (κ3) is 3.08. The van der Waals surface area contributed by atoms with Crippen LogP contribution in [0.4, 0.5) is 8.78 Å². The van der Waals surface area contributed by atoms with Crippen LogP contribution in [0.2, 0.25) is 0 Å². The number of alkyl halides is 2. The van der Waals surface area contributed by atoms with E-state index in [9.17, 15) is 13.6 Å². The minimum absolute atomic E-state index is 0.0677. The van der Waals surface area contributed by atoms with Crippen LogP contribution in [0.15, 0.2) is 12.4 Å². The monoisotopic (exact) mass is 285 g/mol. The van der Waals surface area contributed by atoms with Crippen molar-refractivity contribution in [1.82, 2.24) is 14.7 Å². The number of hydrogen-bond donors (Lipinski definition) is 0. The molecule has 0 N–H and O–H groups in total. The number of amides is 1. The molecule has 7 heteroatoms. The Bertz CT molecular complexity index is 488. The highest BCUT2D eigenvalue weighted by Crippen LogP contribution is 2.32. The summed E-state index contributed by atoms with van der Waals surface area (Å²) in [7, 11) is 0. The van der Waals surface area contributed by atoms with Crippen molar-refractivity contribution < 1.29 is 18.3 Å². The molecule has 1 aromatic rings. The Kier molecular flexibility index (Phi) is 3.58. The molecule has 0 aromatic carbocycles. The fourth-order valence-electron chi connectivity index (χ4n) is 2.45. The zero-order chi connectivity index (χ0) is 14.1. The van der Waals surface area contributed by atoms with Gasteiger partial charge in [0.25, 0.3) is 6.43 Å². The number of carbonyl (C=O) groups excluding carboxylic acids is 1. The summed E-state index contributed by atoms with van der Waals surface area (Å²) >= 11 is 0. The number of ether oxygens (including phenoxy) is 1. The molecule has 5 nitrogen and oxygen atoms in total. The van der Waals surface area contributed by atoms with Crippen LogP contribution >= 0.6 is 0 Å². The Morgan fingerprint density at radius 1 is 1.45 bits per heavy atom. The molecule has 2 aliphatic rings. The molecule has 1 unspecified atom stereocenters. The van der Waals surface area contributed by atoms with Crippen molar-refractivity contribution in [1.29, 1.82) is 0 Å². The summed E-state index contributed by atoms with van der Waals surface area (Å²) < 4.78 is 31.3. The van der Waals surface area contributed by atoms with E-state index in [1.54, 1.807) is 0 Å². The molecule has 110 valence electrons. The molecule has 0 bridgehead atoms. The van der Waals surface area contributed by atoms with Crippen LogP contribution in [0.3, 0.4) is 0 Å². The second kappa shape index (κ2) is 5.38. The predicted molar refractivity (Wildman–Crippen MR) is 66.6 cm³/mol. The van der Waals surface area contributed by atoms with Crippen LogP contribution in [0.5, 0.6) is 5.75 Å². The van der Waals surface area contributed by atoms with Gasteiger partial charge in [-0.15, -0.1) is 0 Å². The van der Waals surface area contributed by atoms with Crippen LogP contribution in [-0.4, -0.2) is 46.2 Å². The van der Waals surface area contributed by atoms with Gasteiger partial charge in [0.2, 0.25) is 5.91 Å². The fourth-order valence-corrected chi connectivity index (χ4v) is 2.45. The lowest BCUT2D eigenvalue weighted by molar-refractivity contribution is -0.131. The second-order valence-corrected chi connectivity index (χ2v) is 5.38. The van der Waals surface area contributed by atoms with Crippen molar-refractivity contribution in [2.24, 2.45) is 5.92 Å². The van der Waals surface area contributed by atoms with Gasteiger partial charge >= 0.3 is 0 Å². The molecular weight excluding hydrogens is 268 g/mol. The van der Waals surface area contributed by atoms with E-state index in [-0.39, 0.29) is 17.9 Å². The summed E-state index contributed by atoms with van der Waals surface area (Å²) in [5, 5.41) is 3.82. The number of carbonyl (C=O) groups is 1. The van der Waals surface area contributed by atoms with Gasteiger partial charge in [-0.25, -0.2) is 8.78 Å². The highest BCUT2D eigenvalue weighted by atomic mass is 19.3. The molecule has 2 fully saturated rings. The molecule has 1 amide bonds. The normalized spacial score (nSPS) is 22.6. The van der Waals surface area contributed by atoms with Crippen molar-refractivity contribution in [3.63, 3.8) is 0 Å². The molecule has 0 radical (unpaired) electrons. The fraction of sp³-hybridized carbons (Fsp3) is 0.692. The largest absolute Gasteiger partial charge is 0.485 e. The zero-order valence-electron chi connectivity index (χ0n) is 11.0. The van der Waals surface area contributed by atoms with E-state index >= 15 is 0 Å². The van der Waals surface area contributed by atoms with Gasteiger partial charge in [0.05, 0.1) is 18.9 Å². The Hall–Kier alpha value is -1.66. The summed E-state index contributed by atoms with van der Waals surface area (Å²) in [6.07, 6.45) is 3.19. The van der Waals surface area contributed by atoms with Crippen molar-refractivity contribution >= 4 is 5.91 Å². The first-order valence-electron chi connectivity index (χ1n) is 6.88. The van der Waals surface area contributed by atoms with Crippen molar-refractivity contribution in [2.45, 2.75) is 38.3 Å². The maximum absolute atomic E-state index is 12.2. The third-order valence-corrected chi connectivity index (χ3v) is 3.62. The summed E-state index contributed by atoms with van der Waals surface area (Å²) in [5.41, 5.74) is 0. The lowest BCUT2D eigenvalue weighted by Gasteiger charge is -2.16. The molecule has 1 atom stereocenters. The Balaban J connectivity index is 1.51. The molecular formula is C13H17F2N3O2. The maximum atomic E-state index is 12.2. The molecule has 2 heterocycles. The van der Waals surface area contributed by atoms with Gasteiger partial charge in [0.1, 0.15) is 12.6 Å². The van der Waals surface area contributed by atoms with Crippen molar-refractivity contribution in [3.8, 4) is 5.75 Å². The molecule has 0 spiro atoms. The van der Waals surface area contributed by atoms with E-state index in [4.69, 9.17) is 4.74 Å². The van der Waals surface area contributed by atoms with E-state index in [0.29, 0.717) is 18.8 Å². The second-order valence-electron chi connectivity index (χ2n) is 5.38. The smallest absolute Gasteiger partial charge is 0.257 e. The number of aromatic nitrogens is 2. The van der Waals surface area contributed by atoms with Crippen molar-refractivity contribution in [3.05, 3.63) is 12.4 Å². The first kappa shape index (κ1) is 13.3. The van der Waals surface area contributed by atoms with Crippen LogP contribution in [0, 0.1) is 5.92 Å². The molecule has 20 heavy (non-hydrogen) atoms. The van der Waals surface area contributed by atoms with E-state index in [0.717, 1.165) is 19.3 Å². The highest BCUT2D eigenvalue weighted by molar-refractivity contribution is 5.81. The van der Waals surface area contributed by atoms with Gasteiger partial charge in [-0.1, -0.05) is 0 Å². The zero-order valence-corrected chi connectivity index (χ0v) is 11.0. The Morgan fingerprint density at radius 3 is 2.95 bits per heavy atom. The van der Waals surface area contributed by atoms with Crippen molar-refractivity contribution in [2.75, 3.05) is 13.1 Å². The lowest BCUT2D eigenvalue weighted by atomic mass is 10.3. The minimum atomic E-state index is -2.43. The first-order chi connectivity index (χ1) is 9.61. The number of rotatable bonds is 5. The SMILES string of the molecule is O=C(C1CC1)N1CCC(Oc2cnn(CC(F)F)c2)C1. The number of nitrogens with zero attached hydrogens (tertiary/aromatic N) is 3. The van der Waals surface area contributed by atoms with Gasteiger partial charge in [0.15, 0.2) is 5.75 Å². The summed E-state index contributed by atoms with van der Waals surface area (Å²) in [6.45, 7) is 0.862. The van der Waals surface area contributed by atoms with E-state index in [1.807, 2.05) is 4.90 Å². The quantitative estimate of drug-likeness (QED) is 0.824. The van der Waals surface area contributed by atoms with Gasteiger partial charge in [0, 0.05) is 18.9 Å². The van der Waals surface area contributed by atoms with Gasteiger partial charge in [-0.3, -0.25) is 9.48 Å². The molecule has 1 aliphatic carbocycles. The van der Waals surface area contributed by atoms with E-state index in [1.165, 1.54) is 17.1 Å². The summed E-state index contributed by atoms with van der Waals surface area (Å²) in [4.78, 5) is 13.7. The number of halogens is 2. The third-order valence-electron chi connectivity index (χ3n) is 3.62. The molecule has 1 aromatic heterocycles. The van der Waals surface area contributed by atoms with E-state index < -0.39 is 13.0 Å². The molecule has 1 saturated heterocycles. The molecule has 1 saturated carbocycles. The average molecular weight is 285 g/mol. The Morgan fingerprint density at radius 2 is 2.25 bits per heavy atom. The first-order valence-corrected chi connectivity index (χ1v) is 6.88. The van der Waals surface area contributed by atoms with Gasteiger partial charge < -0.3 is 9.64 Å². The topological polar surface area (TPSA) is 47.4 Å². The summed E-state index contributed by atoms with van der Waals surface area (Å²) in [6, 6.07) is 0. The average Bonchev–Trinajstić information content (AvgIpc) is 3.00.